The minimum absolute atomic E-state index is 0.00846. The molecule has 0 aromatic heterocycles. The number of amides is 1. The van der Waals surface area contributed by atoms with Crippen LogP contribution in [0.3, 0.4) is 0 Å². The van der Waals surface area contributed by atoms with Gasteiger partial charge in [-0.2, -0.15) is 5.26 Å². The zero-order chi connectivity index (χ0) is 28.8. The van der Waals surface area contributed by atoms with Crippen molar-refractivity contribution in [2.24, 2.45) is 16.8 Å². The molecule has 0 N–H and O–H groups in total. The van der Waals surface area contributed by atoms with E-state index in [4.69, 9.17) is 18.9 Å². The normalized spacial score (nSPS) is 27.8. The number of hydrogen-bond donors (Lipinski definition) is 0. The quantitative estimate of drug-likeness (QED) is 0.503. The molecule has 1 aromatic rings. The second kappa shape index (κ2) is 13.1. The molecule has 1 amide bonds. The van der Waals surface area contributed by atoms with Gasteiger partial charge in [0.2, 0.25) is 5.91 Å². The van der Waals surface area contributed by atoms with Crippen LogP contribution in [0.1, 0.15) is 43.7 Å². The van der Waals surface area contributed by atoms with E-state index in [-0.39, 0.29) is 35.9 Å². The van der Waals surface area contributed by atoms with Gasteiger partial charge < -0.3 is 23.8 Å². The van der Waals surface area contributed by atoms with Gasteiger partial charge in [-0.1, -0.05) is 38.6 Å². The van der Waals surface area contributed by atoms with Crippen LogP contribution >= 0.6 is 0 Å². The average Bonchev–Trinajstić information content (AvgIpc) is 3.04. The fraction of sp³-hybridized carbons (Fsp3) is 0.469. The Morgan fingerprint density at radius 1 is 1.18 bits per heavy atom. The first-order valence-corrected chi connectivity index (χ1v) is 13.7. The molecule has 1 saturated heterocycles. The maximum absolute atomic E-state index is 12.5. The van der Waals surface area contributed by atoms with E-state index in [0.717, 1.165) is 11.1 Å². The molecule has 0 radical (unpaired) electrons. The second-order valence-electron chi connectivity index (χ2n) is 10.9. The topological polar surface area (TPSA) is 93.4 Å². The minimum Gasteiger partial charge on any atom is -0.492 e. The first-order valence-electron chi connectivity index (χ1n) is 13.7. The van der Waals surface area contributed by atoms with Gasteiger partial charge in [0.25, 0.3) is 0 Å². The lowest BCUT2D eigenvalue weighted by molar-refractivity contribution is -0.125. The van der Waals surface area contributed by atoms with Crippen LogP contribution < -0.4 is 4.74 Å². The number of carbonyl (C=O) groups excluding carboxylic acids is 1. The maximum atomic E-state index is 12.5. The van der Waals surface area contributed by atoms with Crippen LogP contribution in [-0.2, 0) is 19.0 Å². The lowest BCUT2D eigenvalue weighted by Gasteiger charge is -2.34. The highest BCUT2D eigenvalue weighted by Crippen LogP contribution is 2.34. The van der Waals surface area contributed by atoms with Crippen LogP contribution in [0.4, 0.5) is 0 Å². The van der Waals surface area contributed by atoms with Crippen LogP contribution in [0.5, 0.6) is 5.75 Å². The molecule has 0 saturated carbocycles. The number of likely N-dealkylation sites (N-methyl/N-ethyl adjacent to an activating group) is 1. The number of nitrogens with zero attached hydrogens (tertiary/aromatic N) is 3. The Morgan fingerprint density at radius 2 is 1.93 bits per heavy atom. The van der Waals surface area contributed by atoms with Gasteiger partial charge in [0, 0.05) is 68.8 Å². The first-order chi connectivity index (χ1) is 19.2. The van der Waals surface area contributed by atoms with E-state index in [9.17, 15) is 10.1 Å². The summed E-state index contributed by atoms with van der Waals surface area (Å²) >= 11 is 0. The number of nitriles is 1. The second-order valence-corrected chi connectivity index (χ2v) is 10.9. The molecule has 0 unspecified atom stereocenters. The molecule has 40 heavy (non-hydrogen) atoms. The van der Waals surface area contributed by atoms with E-state index in [2.05, 4.69) is 31.5 Å². The molecule has 2 heterocycles. The number of allylic oxidation sites excluding steroid dienone is 3. The lowest BCUT2D eigenvalue weighted by Crippen LogP contribution is -2.41. The monoisotopic (exact) mass is 545 g/mol. The Balaban J connectivity index is 1.56. The van der Waals surface area contributed by atoms with Crippen LogP contribution in [0.2, 0.25) is 0 Å². The maximum Gasteiger partial charge on any atom is 0.249 e. The highest BCUT2D eigenvalue weighted by atomic mass is 16.5. The fourth-order valence-electron chi connectivity index (χ4n) is 5.32. The largest absolute Gasteiger partial charge is 0.492 e. The van der Waals surface area contributed by atoms with E-state index in [1.54, 1.807) is 32.2 Å². The lowest BCUT2D eigenvalue weighted by atomic mass is 9.91. The zero-order valence-corrected chi connectivity index (χ0v) is 24.1. The van der Waals surface area contributed by atoms with Crippen molar-refractivity contribution in [3.63, 3.8) is 0 Å². The first kappa shape index (κ1) is 29.3. The molecular formula is C32H39N3O5. The third-order valence-corrected chi connectivity index (χ3v) is 7.59. The summed E-state index contributed by atoms with van der Waals surface area (Å²) in [5.41, 5.74) is 3.53. The Morgan fingerprint density at radius 3 is 2.60 bits per heavy atom. The van der Waals surface area contributed by atoms with E-state index in [1.807, 2.05) is 36.6 Å². The van der Waals surface area contributed by atoms with Gasteiger partial charge in [-0.25, -0.2) is 0 Å². The molecule has 3 aliphatic rings. The van der Waals surface area contributed by atoms with Crippen molar-refractivity contribution >= 4 is 12.1 Å². The summed E-state index contributed by atoms with van der Waals surface area (Å²) < 4.78 is 24.1. The average molecular weight is 546 g/mol. The molecule has 1 aliphatic carbocycles. The molecule has 1 fully saturated rings. The fourth-order valence-corrected chi connectivity index (χ4v) is 5.32. The summed E-state index contributed by atoms with van der Waals surface area (Å²) in [7, 11) is 5.10. The van der Waals surface area contributed by atoms with Gasteiger partial charge in [-0.05, 0) is 24.1 Å². The molecule has 0 bridgehead atoms. The van der Waals surface area contributed by atoms with Crippen LogP contribution in [0.25, 0.3) is 0 Å². The van der Waals surface area contributed by atoms with Crippen LogP contribution in [0.15, 0.2) is 70.6 Å². The zero-order valence-electron chi connectivity index (χ0n) is 24.1. The molecule has 0 spiro atoms. The molecule has 4 atom stereocenters. The van der Waals surface area contributed by atoms with Gasteiger partial charge in [0.15, 0.2) is 0 Å². The van der Waals surface area contributed by atoms with Gasteiger partial charge in [-0.3, -0.25) is 9.79 Å². The Bertz CT molecular complexity index is 1280. The molecule has 212 valence electrons. The van der Waals surface area contributed by atoms with E-state index >= 15 is 0 Å². The Labute approximate surface area is 237 Å². The van der Waals surface area contributed by atoms with Crippen molar-refractivity contribution in [3.8, 4) is 11.8 Å². The van der Waals surface area contributed by atoms with Gasteiger partial charge in [-0.15, -0.1) is 0 Å². The summed E-state index contributed by atoms with van der Waals surface area (Å²) in [5.74, 6) is 1.59. The molecule has 8 heteroatoms. The van der Waals surface area contributed by atoms with Crippen molar-refractivity contribution in [1.29, 1.82) is 5.26 Å². The van der Waals surface area contributed by atoms with Gasteiger partial charge >= 0.3 is 0 Å². The van der Waals surface area contributed by atoms with Crippen LogP contribution in [-0.4, -0.2) is 70.3 Å². The SMILES string of the molecule is C=C1/C=C(/C2=CC=C(C(=O)N(C)C)C[C@@H]2OC)OC[C@@H](c2ccc(OC3[C@H](C)COC[C@H]3C)c(C#N)c2)C/C=N\1. The number of benzene rings is 1. The summed E-state index contributed by atoms with van der Waals surface area (Å²) in [4.78, 5) is 18.6. The van der Waals surface area contributed by atoms with Gasteiger partial charge in [0.1, 0.15) is 23.7 Å². The van der Waals surface area contributed by atoms with Crippen molar-refractivity contribution in [1.82, 2.24) is 4.90 Å². The number of carbonyl (C=O) groups is 1. The van der Waals surface area contributed by atoms with Gasteiger partial charge in [0.05, 0.1) is 37.2 Å². The number of methoxy groups -OCH3 is 1. The summed E-state index contributed by atoms with van der Waals surface area (Å²) in [6.45, 7) is 9.95. The highest BCUT2D eigenvalue weighted by molar-refractivity contribution is 5.94. The molecule has 2 aliphatic heterocycles. The van der Waals surface area contributed by atoms with E-state index in [1.165, 1.54) is 0 Å². The molecule has 4 rings (SSSR count). The van der Waals surface area contributed by atoms with Crippen molar-refractivity contribution in [3.05, 3.63) is 76.7 Å². The Hall–Kier alpha value is -3.67. The third kappa shape index (κ3) is 6.72. The van der Waals surface area contributed by atoms with Crippen molar-refractivity contribution in [2.75, 3.05) is 41.0 Å². The number of aliphatic imine (C=N–C) groups is 1. The van der Waals surface area contributed by atoms with Crippen LogP contribution in [0, 0.1) is 23.2 Å². The minimum atomic E-state index is -0.345. The summed E-state index contributed by atoms with van der Waals surface area (Å²) in [6, 6.07) is 8.10. The number of hydrogen-bond acceptors (Lipinski definition) is 7. The third-order valence-electron chi connectivity index (χ3n) is 7.59. The predicted octanol–water partition coefficient (Wildman–Crippen LogP) is 4.94. The molecular weight excluding hydrogens is 506 g/mol. The highest BCUT2D eigenvalue weighted by Gasteiger charge is 2.31. The van der Waals surface area contributed by atoms with E-state index < -0.39 is 0 Å². The standard InChI is InChI=1S/C32H39N3O5/c1-20-17-38-18-21(2)31(20)40-28-10-8-23(14-26(28)16-33)25-11-12-34-22(3)13-30(39-19-25)27-9-7-24(15-29(27)37-6)32(36)35(4)5/h7-10,12-14,20-21,25,29,31H,3,11,15,17-19H2,1-2,4-6H3/b30-13-,34-12-/t20-,21-,25+,29+/m1/s1. The summed E-state index contributed by atoms with van der Waals surface area (Å²) in [5, 5.41) is 9.96. The molecule has 1 aromatic carbocycles. The number of ether oxygens (including phenoxy) is 4. The summed E-state index contributed by atoms with van der Waals surface area (Å²) in [6.07, 6.45) is 8.05. The van der Waals surface area contributed by atoms with Crippen molar-refractivity contribution < 1.29 is 23.7 Å². The number of rotatable bonds is 6. The smallest absolute Gasteiger partial charge is 0.249 e. The van der Waals surface area contributed by atoms with E-state index in [0.29, 0.717) is 61.0 Å². The Kier molecular flexibility index (Phi) is 9.62. The predicted molar refractivity (Wildman–Crippen MR) is 154 cm³/mol. The van der Waals surface area contributed by atoms with Crippen molar-refractivity contribution in [2.45, 2.75) is 44.8 Å². The molecule has 8 nitrogen and oxygen atoms in total.